The molecule has 190 valence electrons. The second-order valence-corrected chi connectivity index (χ2v) is 8.59. The van der Waals surface area contributed by atoms with Gasteiger partial charge in [-0.3, -0.25) is 0 Å². The van der Waals surface area contributed by atoms with Crippen LogP contribution in [0.15, 0.2) is 53.5 Å². The quantitative estimate of drug-likeness (QED) is 0.338. The highest BCUT2D eigenvalue weighted by Crippen LogP contribution is 2.35. The fourth-order valence-corrected chi connectivity index (χ4v) is 3.74. The monoisotopic (exact) mass is 550 g/mol. The van der Waals surface area contributed by atoms with E-state index in [1.54, 1.807) is 19.2 Å². The van der Waals surface area contributed by atoms with E-state index in [0.29, 0.717) is 45.5 Å². The summed E-state index contributed by atoms with van der Waals surface area (Å²) < 4.78 is 37.3. The predicted molar refractivity (Wildman–Crippen MR) is 142 cm³/mol. The van der Waals surface area contributed by atoms with Crippen molar-refractivity contribution in [3.05, 3.63) is 59.4 Å². The molecule has 9 heteroatoms. The van der Waals surface area contributed by atoms with Gasteiger partial charge < -0.3 is 20.1 Å². The highest BCUT2D eigenvalue weighted by Gasteiger charge is 2.17. The van der Waals surface area contributed by atoms with Crippen LogP contribution in [0.2, 0.25) is 0 Å². The molecular weight excluding hydrogens is 518 g/mol. The Morgan fingerprint density at radius 3 is 2.49 bits per heavy atom. The first-order chi connectivity index (χ1) is 16.9. The van der Waals surface area contributed by atoms with E-state index in [-0.39, 0.29) is 11.6 Å². The molecule has 6 nitrogen and oxygen atoms in total. The average Bonchev–Trinajstić information content (AvgIpc) is 2.85. The van der Waals surface area contributed by atoms with Gasteiger partial charge in [-0.2, -0.15) is 0 Å². The minimum absolute atomic E-state index is 0.332. The van der Waals surface area contributed by atoms with E-state index in [1.807, 2.05) is 26.0 Å². The summed E-state index contributed by atoms with van der Waals surface area (Å²) in [6, 6.07) is 8.49. The average molecular weight is 551 g/mol. The lowest BCUT2D eigenvalue weighted by molar-refractivity contribution is 0.208. The molecule has 0 spiro atoms. The number of piperidine rings is 1. The van der Waals surface area contributed by atoms with Gasteiger partial charge >= 0.3 is 0 Å². The maximum absolute atomic E-state index is 14.2. The molecular formula is C26H33BrF2N4O2. The third-order valence-corrected chi connectivity index (χ3v) is 5.53. The normalized spacial score (nSPS) is 13.1. The second kappa shape index (κ2) is 14.6. The molecule has 1 aromatic heterocycles. The Kier molecular flexibility index (Phi) is 11.9. The summed E-state index contributed by atoms with van der Waals surface area (Å²) in [7, 11) is 1.60. The summed E-state index contributed by atoms with van der Waals surface area (Å²) in [4.78, 5) is 8.64. The highest BCUT2D eigenvalue weighted by atomic mass is 79.9. The van der Waals surface area contributed by atoms with Gasteiger partial charge in [0.1, 0.15) is 18.0 Å². The van der Waals surface area contributed by atoms with Crippen LogP contribution in [-0.4, -0.2) is 36.8 Å². The Balaban J connectivity index is 0.000000655. The van der Waals surface area contributed by atoms with E-state index < -0.39 is 0 Å². The number of hydrogen-bond donors (Lipinski definition) is 2. The molecule has 0 amide bonds. The van der Waals surface area contributed by atoms with Crippen LogP contribution in [0.4, 0.5) is 20.3 Å². The number of nitrogens with zero attached hydrogens (tertiary/aromatic N) is 2. The third kappa shape index (κ3) is 8.74. The van der Waals surface area contributed by atoms with Crippen molar-refractivity contribution >= 4 is 38.3 Å². The second-order valence-electron chi connectivity index (χ2n) is 7.67. The third-order valence-electron chi connectivity index (χ3n) is 5.04. The smallest absolute Gasteiger partial charge is 0.163 e. The first-order valence-corrected chi connectivity index (χ1v) is 12.4. The van der Waals surface area contributed by atoms with Crippen LogP contribution in [0.1, 0.15) is 33.6 Å². The van der Waals surface area contributed by atoms with Gasteiger partial charge in [-0.15, -0.1) is 0 Å². The lowest BCUT2D eigenvalue weighted by Gasteiger charge is -2.23. The molecule has 3 aromatic rings. The molecule has 2 N–H and O–H groups in total. The highest BCUT2D eigenvalue weighted by molar-refractivity contribution is 9.10. The Morgan fingerprint density at radius 2 is 1.86 bits per heavy atom. The molecule has 0 aliphatic carbocycles. The number of rotatable bonds is 6. The molecule has 0 atom stereocenters. The number of allylic oxidation sites excluding steroid dienone is 1. The number of halogens is 3. The summed E-state index contributed by atoms with van der Waals surface area (Å²) in [6.07, 6.45) is 3.65. The Hall–Kier alpha value is -2.78. The number of ether oxygens (including phenoxy) is 2. The topological polar surface area (TPSA) is 68.3 Å². The van der Waals surface area contributed by atoms with Gasteiger partial charge in [-0.1, -0.05) is 36.4 Å². The molecule has 1 saturated heterocycles. The van der Waals surface area contributed by atoms with Crippen LogP contribution in [-0.2, 0) is 0 Å². The molecule has 1 fully saturated rings. The summed E-state index contributed by atoms with van der Waals surface area (Å²) in [6.45, 7) is 10.9. The number of aromatic nitrogens is 2. The molecule has 1 aliphatic heterocycles. The molecule has 2 aromatic carbocycles. The molecule has 0 saturated carbocycles. The lowest BCUT2D eigenvalue weighted by Crippen LogP contribution is -2.30. The lowest BCUT2D eigenvalue weighted by atomic mass is 9.99. The van der Waals surface area contributed by atoms with Gasteiger partial charge in [0.2, 0.25) is 0 Å². The number of nitrogens with one attached hydrogen (secondary N) is 2. The zero-order valence-electron chi connectivity index (χ0n) is 20.6. The van der Waals surface area contributed by atoms with Gasteiger partial charge in [0.25, 0.3) is 0 Å². The maximum atomic E-state index is 14.2. The number of methoxy groups -OCH3 is 1. The predicted octanol–water partition coefficient (Wildman–Crippen LogP) is 7.18. The van der Waals surface area contributed by atoms with Gasteiger partial charge in [-0.25, -0.2) is 18.7 Å². The van der Waals surface area contributed by atoms with Gasteiger partial charge in [-0.05, 0) is 63.0 Å². The van der Waals surface area contributed by atoms with Crippen molar-refractivity contribution in [1.29, 1.82) is 0 Å². The number of fused-ring (bicyclic) bond motifs is 1. The SMILES string of the molecule is C=C(C)F.CC.COc1cc2c(Nc3ccc(Br)cc3F)ncnc2cc1OCC1CCNCC1. The Morgan fingerprint density at radius 1 is 1.17 bits per heavy atom. The standard InChI is InChI=1S/C21H22BrFN4O2.C3H5F.C2H6/c1-28-19-9-15-18(10-20(19)29-11-13-4-6-24-7-5-13)25-12-26-21(15)27-17-3-2-14(22)8-16(17)23;1-3(2)4;1-2/h2-3,8-10,12-13,24H,4-7,11H2,1H3,(H,25,26,27);1H2,2H3;1-2H3. The Labute approximate surface area is 214 Å². The van der Waals surface area contributed by atoms with E-state index >= 15 is 0 Å². The molecule has 2 heterocycles. The van der Waals surface area contributed by atoms with E-state index in [2.05, 4.69) is 43.1 Å². The fraction of sp³-hybridized carbons (Fsp3) is 0.385. The van der Waals surface area contributed by atoms with Crippen molar-refractivity contribution < 1.29 is 18.3 Å². The molecule has 0 radical (unpaired) electrons. The minimum atomic E-state index is -0.375. The molecule has 0 bridgehead atoms. The maximum Gasteiger partial charge on any atom is 0.163 e. The molecule has 0 unspecified atom stereocenters. The van der Waals surface area contributed by atoms with Crippen LogP contribution in [0, 0.1) is 11.7 Å². The van der Waals surface area contributed by atoms with Crippen molar-refractivity contribution in [2.24, 2.45) is 5.92 Å². The van der Waals surface area contributed by atoms with Crippen LogP contribution in [0.5, 0.6) is 11.5 Å². The first-order valence-electron chi connectivity index (χ1n) is 11.6. The Bertz CT molecular complexity index is 1100. The van der Waals surface area contributed by atoms with Crippen molar-refractivity contribution in [2.45, 2.75) is 33.6 Å². The van der Waals surface area contributed by atoms with Crippen LogP contribution >= 0.6 is 15.9 Å². The fourth-order valence-electron chi connectivity index (χ4n) is 3.41. The molecule has 1 aliphatic rings. The summed E-state index contributed by atoms with van der Waals surface area (Å²) in [5.41, 5.74) is 1.03. The summed E-state index contributed by atoms with van der Waals surface area (Å²) in [5.74, 6) is 1.57. The van der Waals surface area contributed by atoms with Gasteiger partial charge in [0.05, 0.1) is 30.7 Å². The van der Waals surface area contributed by atoms with Crippen LogP contribution in [0.25, 0.3) is 10.9 Å². The van der Waals surface area contributed by atoms with E-state index in [9.17, 15) is 8.78 Å². The number of benzene rings is 2. The van der Waals surface area contributed by atoms with Crippen molar-refractivity contribution in [3.8, 4) is 11.5 Å². The van der Waals surface area contributed by atoms with E-state index in [0.717, 1.165) is 31.3 Å². The van der Waals surface area contributed by atoms with Crippen molar-refractivity contribution in [3.63, 3.8) is 0 Å². The minimum Gasteiger partial charge on any atom is -0.493 e. The van der Waals surface area contributed by atoms with Gasteiger partial charge in [0, 0.05) is 15.9 Å². The van der Waals surface area contributed by atoms with Crippen LogP contribution < -0.4 is 20.1 Å². The summed E-state index contributed by atoms with van der Waals surface area (Å²) >= 11 is 3.26. The van der Waals surface area contributed by atoms with E-state index in [4.69, 9.17) is 9.47 Å². The largest absolute Gasteiger partial charge is 0.493 e. The summed E-state index contributed by atoms with van der Waals surface area (Å²) in [5, 5.41) is 7.13. The van der Waals surface area contributed by atoms with Crippen molar-refractivity contribution in [2.75, 3.05) is 32.1 Å². The molecule has 4 rings (SSSR count). The van der Waals surface area contributed by atoms with E-state index in [1.165, 1.54) is 19.3 Å². The number of anilines is 2. The van der Waals surface area contributed by atoms with Gasteiger partial charge in [0.15, 0.2) is 11.5 Å². The molecule has 35 heavy (non-hydrogen) atoms. The van der Waals surface area contributed by atoms with Crippen LogP contribution in [0.3, 0.4) is 0 Å². The van der Waals surface area contributed by atoms with Crippen molar-refractivity contribution in [1.82, 2.24) is 15.3 Å². The zero-order chi connectivity index (χ0) is 25.8. The number of hydrogen-bond acceptors (Lipinski definition) is 6. The zero-order valence-corrected chi connectivity index (χ0v) is 22.2. The first kappa shape index (κ1) is 28.5.